The van der Waals surface area contributed by atoms with E-state index in [0.29, 0.717) is 6.10 Å². The highest BCUT2D eigenvalue weighted by Gasteiger charge is 2.45. The van der Waals surface area contributed by atoms with Gasteiger partial charge in [0.15, 0.2) is 0 Å². The first-order chi connectivity index (χ1) is 10.9. The minimum absolute atomic E-state index is 0.431. The molecule has 122 valence electrons. The largest absolute Gasteiger partial charge is 0.372 e. The predicted molar refractivity (Wildman–Crippen MR) is 104 cm³/mol. The highest BCUT2D eigenvalue weighted by atomic mass is 28.4. The fourth-order valence-corrected chi connectivity index (χ4v) is 13.9. The van der Waals surface area contributed by atoms with Gasteiger partial charge in [-0.15, -0.1) is 0 Å². The Morgan fingerprint density at radius 1 is 0.826 bits per heavy atom. The lowest BCUT2D eigenvalue weighted by Gasteiger charge is -2.47. The molecule has 0 saturated carbocycles. The maximum Gasteiger partial charge on any atom is 0.147 e. The smallest absolute Gasteiger partial charge is 0.147 e. The minimum atomic E-state index is -1.73. The molecule has 3 rings (SSSR count). The SMILES string of the molecule is C[Si](C)(c1ccccc1)N(CC1CO1)[Si](C)(C)c1ccccc1. The van der Waals surface area contributed by atoms with Crippen molar-refractivity contribution in [3.05, 3.63) is 60.7 Å². The first kappa shape index (κ1) is 16.6. The normalized spacial score (nSPS) is 18.2. The molecule has 4 heteroatoms. The molecule has 1 unspecified atom stereocenters. The van der Waals surface area contributed by atoms with Crippen molar-refractivity contribution in [1.82, 2.24) is 4.23 Å². The van der Waals surface area contributed by atoms with Gasteiger partial charge in [-0.3, -0.25) is 0 Å². The topological polar surface area (TPSA) is 15.8 Å². The molecule has 1 saturated heterocycles. The number of nitrogens with zero attached hydrogens (tertiary/aromatic N) is 1. The second kappa shape index (κ2) is 6.36. The van der Waals surface area contributed by atoms with Crippen molar-refractivity contribution in [3.8, 4) is 0 Å². The molecule has 0 spiro atoms. The molecular formula is C19H27NOSi2. The van der Waals surface area contributed by atoms with E-state index in [2.05, 4.69) is 91.1 Å². The third-order valence-corrected chi connectivity index (χ3v) is 15.0. The number of benzene rings is 2. The minimum Gasteiger partial charge on any atom is -0.372 e. The van der Waals surface area contributed by atoms with Gasteiger partial charge in [-0.25, -0.2) is 0 Å². The Morgan fingerprint density at radius 2 is 1.22 bits per heavy atom. The molecule has 1 aliphatic rings. The molecule has 0 bridgehead atoms. The molecule has 2 aromatic carbocycles. The lowest BCUT2D eigenvalue weighted by molar-refractivity contribution is 0.382. The van der Waals surface area contributed by atoms with Gasteiger partial charge in [0.05, 0.1) is 12.7 Å². The van der Waals surface area contributed by atoms with Gasteiger partial charge in [-0.1, -0.05) is 86.9 Å². The average Bonchev–Trinajstić information content (AvgIpc) is 3.38. The van der Waals surface area contributed by atoms with Gasteiger partial charge < -0.3 is 8.97 Å². The Morgan fingerprint density at radius 3 is 1.57 bits per heavy atom. The van der Waals surface area contributed by atoms with Crippen LogP contribution in [0.4, 0.5) is 0 Å². The number of hydrogen-bond donors (Lipinski definition) is 0. The van der Waals surface area contributed by atoms with Gasteiger partial charge in [0.1, 0.15) is 16.5 Å². The molecular weight excluding hydrogens is 314 g/mol. The zero-order chi connectivity index (χ0) is 16.5. The molecule has 2 nitrogen and oxygen atoms in total. The Bertz CT molecular complexity index is 587. The van der Waals surface area contributed by atoms with Crippen LogP contribution in [-0.2, 0) is 4.74 Å². The summed E-state index contributed by atoms with van der Waals surface area (Å²) in [5.74, 6) is 0. The number of epoxide rings is 1. The van der Waals surface area contributed by atoms with E-state index in [0.717, 1.165) is 13.2 Å². The first-order valence-corrected chi connectivity index (χ1v) is 14.3. The quantitative estimate of drug-likeness (QED) is 0.593. The van der Waals surface area contributed by atoms with Gasteiger partial charge >= 0.3 is 0 Å². The molecule has 0 radical (unpaired) electrons. The molecule has 0 aliphatic carbocycles. The van der Waals surface area contributed by atoms with E-state index < -0.39 is 16.5 Å². The van der Waals surface area contributed by atoms with Gasteiger partial charge in [0, 0.05) is 6.54 Å². The standard InChI is InChI=1S/C19H27NOSi2/c1-22(2,18-11-7-5-8-12-18)20(15-17-16-21-17)23(3,4)19-13-9-6-10-14-19/h5-14,17H,15-16H2,1-4H3. The Balaban J connectivity index is 2.00. The van der Waals surface area contributed by atoms with E-state index in [1.165, 1.54) is 10.4 Å². The van der Waals surface area contributed by atoms with Crippen LogP contribution < -0.4 is 10.4 Å². The van der Waals surface area contributed by atoms with E-state index >= 15 is 0 Å². The van der Waals surface area contributed by atoms with Crippen molar-refractivity contribution in [2.75, 3.05) is 13.2 Å². The molecule has 1 aliphatic heterocycles. The fraction of sp³-hybridized carbons (Fsp3) is 0.368. The van der Waals surface area contributed by atoms with E-state index in [4.69, 9.17) is 4.74 Å². The average molecular weight is 342 g/mol. The highest BCUT2D eigenvalue weighted by molar-refractivity contribution is 7.02. The third-order valence-electron chi connectivity index (χ3n) is 5.10. The van der Waals surface area contributed by atoms with Crippen molar-refractivity contribution in [3.63, 3.8) is 0 Å². The number of rotatable bonds is 6. The zero-order valence-electron chi connectivity index (χ0n) is 14.6. The van der Waals surface area contributed by atoms with Crippen molar-refractivity contribution < 1.29 is 4.74 Å². The van der Waals surface area contributed by atoms with Crippen molar-refractivity contribution in [2.24, 2.45) is 0 Å². The Hall–Kier alpha value is -1.21. The fourth-order valence-electron chi connectivity index (χ4n) is 3.54. The van der Waals surface area contributed by atoms with E-state index in [1.54, 1.807) is 0 Å². The molecule has 23 heavy (non-hydrogen) atoms. The molecule has 1 heterocycles. The molecule has 0 N–H and O–H groups in total. The molecule has 0 aromatic heterocycles. The summed E-state index contributed by atoms with van der Waals surface area (Å²) in [6.07, 6.45) is 0.431. The Kier molecular flexibility index (Phi) is 4.60. The predicted octanol–water partition coefficient (Wildman–Crippen LogP) is 2.91. The van der Waals surface area contributed by atoms with E-state index in [9.17, 15) is 0 Å². The van der Waals surface area contributed by atoms with E-state index in [1.807, 2.05) is 0 Å². The summed E-state index contributed by atoms with van der Waals surface area (Å²) in [6, 6.07) is 22.2. The molecule has 0 amide bonds. The van der Waals surface area contributed by atoms with Gasteiger partial charge in [-0.05, 0) is 10.4 Å². The van der Waals surface area contributed by atoms with Gasteiger partial charge in [0.25, 0.3) is 0 Å². The maximum atomic E-state index is 5.60. The lowest BCUT2D eigenvalue weighted by atomic mass is 10.4. The summed E-state index contributed by atoms with van der Waals surface area (Å²) in [6.45, 7) is 12.0. The van der Waals surface area contributed by atoms with Crippen LogP contribution in [-0.4, -0.2) is 40.0 Å². The lowest BCUT2D eigenvalue weighted by Crippen LogP contribution is -2.72. The summed E-state index contributed by atoms with van der Waals surface area (Å²) in [7, 11) is -3.47. The van der Waals surface area contributed by atoms with Crippen LogP contribution in [0.25, 0.3) is 0 Å². The highest BCUT2D eigenvalue weighted by Crippen LogP contribution is 2.24. The monoisotopic (exact) mass is 341 g/mol. The summed E-state index contributed by atoms with van der Waals surface area (Å²) in [4.78, 5) is 0. The van der Waals surface area contributed by atoms with Crippen molar-refractivity contribution in [1.29, 1.82) is 0 Å². The van der Waals surface area contributed by atoms with Gasteiger partial charge in [-0.2, -0.15) is 0 Å². The summed E-state index contributed by atoms with van der Waals surface area (Å²) >= 11 is 0. The van der Waals surface area contributed by atoms with E-state index in [-0.39, 0.29) is 0 Å². The Labute approximate surface area is 142 Å². The second-order valence-electron chi connectivity index (χ2n) is 7.42. The second-order valence-corrected chi connectivity index (χ2v) is 16.3. The third kappa shape index (κ3) is 3.50. The zero-order valence-corrected chi connectivity index (χ0v) is 16.6. The summed E-state index contributed by atoms with van der Waals surface area (Å²) < 4.78 is 8.47. The molecule has 1 atom stereocenters. The van der Waals surface area contributed by atoms with Crippen LogP contribution in [0, 0.1) is 0 Å². The summed E-state index contributed by atoms with van der Waals surface area (Å²) in [5.41, 5.74) is 0. The number of ether oxygens (including phenoxy) is 1. The van der Waals surface area contributed by atoms with Crippen LogP contribution in [0.1, 0.15) is 0 Å². The van der Waals surface area contributed by atoms with Crippen molar-refractivity contribution in [2.45, 2.75) is 32.3 Å². The van der Waals surface area contributed by atoms with Crippen molar-refractivity contribution >= 4 is 26.8 Å². The molecule has 2 aromatic rings. The first-order valence-electron chi connectivity index (χ1n) is 8.43. The summed E-state index contributed by atoms with van der Waals surface area (Å²) in [5, 5.41) is 3.02. The van der Waals surface area contributed by atoms with Crippen LogP contribution in [0.2, 0.25) is 26.2 Å². The number of hydrogen-bond acceptors (Lipinski definition) is 2. The van der Waals surface area contributed by atoms with Gasteiger partial charge in [0.2, 0.25) is 0 Å². The maximum absolute atomic E-state index is 5.60. The van der Waals surface area contributed by atoms with Crippen LogP contribution in [0.5, 0.6) is 0 Å². The molecule has 1 fully saturated rings. The van der Waals surface area contributed by atoms with Crippen LogP contribution >= 0.6 is 0 Å². The van der Waals surface area contributed by atoms with Crippen LogP contribution in [0.15, 0.2) is 60.7 Å². The van der Waals surface area contributed by atoms with Crippen LogP contribution in [0.3, 0.4) is 0 Å².